The molecule has 1 aliphatic heterocycles. The van der Waals surface area contributed by atoms with E-state index in [1.54, 1.807) is 30.3 Å². The molecule has 0 radical (unpaired) electrons. The minimum atomic E-state index is -0.715. The number of nitro benzene ring substituents is 1. The van der Waals surface area contributed by atoms with Crippen LogP contribution >= 0.6 is 0 Å². The van der Waals surface area contributed by atoms with Crippen LogP contribution in [0.2, 0.25) is 0 Å². The summed E-state index contributed by atoms with van der Waals surface area (Å²) in [4.78, 5) is 46.2. The summed E-state index contributed by atoms with van der Waals surface area (Å²) in [6, 6.07) is 12.3. The van der Waals surface area contributed by atoms with Crippen molar-refractivity contribution in [1.82, 2.24) is 5.43 Å². The van der Waals surface area contributed by atoms with Crippen LogP contribution in [0.4, 0.5) is 11.4 Å². The summed E-state index contributed by atoms with van der Waals surface area (Å²) in [5.41, 5.74) is 2.54. The van der Waals surface area contributed by atoms with E-state index < -0.39 is 28.4 Å². The molecule has 2 aromatic rings. The lowest BCUT2D eigenvalue weighted by atomic mass is 10.1. The fraction of sp³-hybridized carbons (Fsp3) is 0.0556. The first-order valence-corrected chi connectivity index (χ1v) is 7.76. The number of benzene rings is 2. The highest BCUT2D eigenvalue weighted by Crippen LogP contribution is 2.30. The average molecular weight is 367 g/mol. The predicted octanol–water partition coefficient (Wildman–Crippen LogP) is 1.98. The molecule has 1 heterocycles. The standard InChI is InChI=1S/C18H13N3O6/c1-11(22)27-16-8-7-12(10-15(16)21(25)26)9-14-17(23)19-20(18(14)24)13-5-3-2-4-6-13/h2-10H,1H3,(H,19,23). The van der Waals surface area contributed by atoms with Gasteiger partial charge in [-0.3, -0.25) is 29.9 Å². The molecule has 2 aromatic carbocycles. The van der Waals surface area contributed by atoms with Crippen LogP contribution in [0.5, 0.6) is 5.75 Å². The van der Waals surface area contributed by atoms with Crippen molar-refractivity contribution in [2.75, 3.05) is 5.01 Å². The molecule has 9 nitrogen and oxygen atoms in total. The van der Waals surface area contributed by atoms with Crippen LogP contribution in [0, 0.1) is 10.1 Å². The lowest BCUT2D eigenvalue weighted by Crippen LogP contribution is -2.35. The number of rotatable bonds is 4. The Morgan fingerprint density at radius 1 is 1.19 bits per heavy atom. The number of anilines is 1. The second kappa shape index (κ2) is 7.08. The number of hydrogen-bond donors (Lipinski definition) is 1. The van der Waals surface area contributed by atoms with E-state index in [0.717, 1.165) is 18.0 Å². The maximum absolute atomic E-state index is 12.5. The Labute approximate surface area is 153 Å². The van der Waals surface area contributed by atoms with Crippen LogP contribution in [-0.4, -0.2) is 22.7 Å². The first-order valence-electron chi connectivity index (χ1n) is 7.76. The number of para-hydroxylation sites is 1. The Hall–Kier alpha value is -4.01. The van der Waals surface area contributed by atoms with Crippen molar-refractivity contribution in [1.29, 1.82) is 0 Å². The van der Waals surface area contributed by atoms with E-state index in [1.807, 2.05) is 0 Å². The molecule has 1 saturated heterocycles. The Morgan fingerprint density at radius 2 is 1.89 bits per heavy atom. The maximum Gasteiger partial charge on any atom is 0.312 e. The maximum atomic E-state index is 12.5. The molecule has 1 aliphatic rings. The highest BCUT2D eigenvalue weighted by atomic mass is 16.6. The summed E-state index contributed by atoms with van der Waals surface area (Å²) in [6.07, 6.45) is 1.24. The number of esters is 1. The van der Waals surface area contributed by atoms with Gasteiger partial charge in [0, 0.05) is 13.0 Å². The third kappa shape index (κ3) is 3.66. The quantitative estimate of drug-likeness (QED) is 0.220. The van der Waals surface area contributed by atoms with E-state index in [9.17, 15) is 24.5 Å². The van der Waals surface area contributed by atoms with Crippen LogP contribution in [0.1, 0.15) is 12.5 Å². The SMILES string of the molecule is CC(=O)Oc1ccc(C=C2C(=O)NN(c3ccccc3)C2=O)cc1[N+](=O)[O-]. The van der Waals surface area contributed by atoms with Crippen LogP contribution in [0.3, 0.4) is 0 Å². The van der Waals surface area contributed by atoms with Gasteiger partial charge in [0.1, 0.15) is 5.57 Å². The van der Waals surface area contributed by atoms with Gasteiger partial charge in [0.2, 0.25) is 5.75 Å². The summed E-state index contributed by atoms with van der Waals surface area (Å²) >= 11 is 0. The average Bonchev–Trinajstić information content (AvgIpc) is 2.91. The Balaban J connectivity index is 1.95. The van der Waals surface area contributed by atoms with Crippen molar-refractivity contribution in [3.63, 3.8) is 0 Å². The molecule has 1 N–H and O–H groups in total. The lowest BCUT2D eigenvalue weighted by molar-refractivity contribution is -0.385. The fourth-order valence-corrected chi connectivity index (χ4v) is 2.49. The summed E-state index contributed by atoms with van der Waals surface area (Å²) < 4.78 is 4.79. The number of carbonyl (C=O) groups excluding carboxylic acids is 3. The summed E-state index contributed by atoms with van der Waals surface area (Å²) in [7, 11) is 0. The molecule has 0 aliphatic carbocycles. The minimum absolute atomic E-state index is 0.173. The zero-order valence-corrected chi connectivity index (χ0v) is 14.0. The summed E-state index contributed by atoms with van der Waals surface area (Å²) in [5.74, 6) is -2.13. The van der Waals surface area contributed by atoms with Crippen LogP contribution in [-0.2, 0) is 14.4 Å². The number of amides is 2. The molecule has 1 fully saturated rings. The molecule has 0 unspecified atom stereocenters. The molecule has 3 rings (SSSR count). The van der Waals surface area contributed by atoms with Gasteiger partial charge < -0.3 is 4.74 Å². The summed E-state index contributed by atoms with van der Waals surface area (Å²) in [5, 5.41) is 12.3. The Kier molecular flexibility index (Phi) is 4.67. The van der Waals surface area contributed by atoms with Gasteiger partial charge in [-0.1, -0.05) is 24.3 Å². The second-order valence-electron chi connectivity index (χ2n) is 5.55. The molecular weight excluding hydrogens is 354 g/mol. The van der Waals surface area contributed by atoms with E-state index in [2.05, 4.69) is 5.43 Å². The number of hydrazine groups is 1. The molecule has 136 valence electrons. The Morgan fingerprint density at radius 3 is 2.52 bits per heavy atom. The molecule has 2 amide bonds. The number of nitrogens with one attached hydrogen (secondary N) is 1. The highest BCUT2D eigenvalue weighted by Gasteiger charge is 2.34. The second-order valence-corrected chi connectivity index (χ2v) is 5.55. The van der Waals surface area contributed by atoms with Gasteiger partial charge in [0.25, 0.3) is 11.8 Å². The molecule has 0 saturated carbocycles. The molecule has 27 heavy (non-hydrogen) atoms. The smallest absolute Gasteiger partial charge is 0.312 e. The van der Waals surface area contributed by atoms with Crippen molar-refractivity contribution in [2.45, 2.75) is 6.92 Å². The van der Waals surface area contributed by atoms with Gasteiger partial charge in [0.15, 0.2) is 0 Å². The third-order valence-corrected chi connectivity index (χ3v) is 3.65. The largest absolute Gasteiger partial charge is 0.419 e. The minimum Gasteiger partial charge on any atom is -0.419 e. The number of nitro groups is 1. The molecule has 0 atom stereocenters. The van der Waals surface area contributed by atoms with E-state index in [0.29, 0.717) is 5.69 Å². The third-order valence-electron chi connectivity index (χ3n) is 3.65. The highest BCUT2D eigenvalue weighted by molar-refractivity contribution is 6.31. The number of nitrogens with zero attached hydrogens (tertiary/aromatic N) is 2. The monoisotopic (exact) mass is 367 g/mol. The van der Waals surface area contributed by atoms with Crippen LogP contribution in [0.15, 0.2) is 54.1 Å². The van der Waals surface area contributed by atoms with Gasteiger partial charge in [0.05, 0.1) is 10.6 Å². The molecule has 0 bridgehead atoms. The van der Waals surface area contributed by atoms with Crippen LogP contribution < -0.4 is 15.2 Å². The number of ether oxygens (including phenoxy) is 1. The summed E-state index contributed by atoms with van der Waals surface area (Å²) in [6.45, 7) is 1.12. The topological polar surface area (TPSA) is 119 Å². The fourth-order valence-electron chi connectivity index (χ4n) is 2.49. The molecular formula is C18H13N3O6. The molecule has 0 aromatic heterocycles. The van der Waals surface area contributed by atoms with Gasteiger partial charge in [-0.2, -0.15) is 0 Å². The lowest BCUT2D eigenvalue weighted by Gasteiger charge is -2.13. The van der Waals surface area contributed by atoms with Crippen LogP contribution in [0.25, 0.3) is 6.08 Å². The van der Waals surface area contributed by atoms with Crippen molar-refractivity contribution < 1.29 is 24.0 Å². The van der Waals surface area contributed by atoms with Gasteiger partial charge in [-0.15, -0.1) is 0 Å². The number of carbonyl (C=O) groups is 3. The van der Waals surface area contributed by atoms with Crippen molar-refractivity contribution >= 4 is 35.2 Å². The van der Waals surface area contributed by atoms with Crippen molar-refractivity contribution in [2.24, 2.45) is 0 Å². The van der Waals surface area contributed by atoms with E-state index in [-0.39, 0.29) is 16.9 Å². The normalized spacial score (nSPS) is 15.0. The van der Waals surface area contributed by atoms with Crippen molar-refractivity contribution in [3.8, 4) is 5.75 Å². The van der Waals surface area contributed by atoms with Gasteiger partial charge in [-0.25, -0.2) is 5.01 Å². The van der Waals surface area contributed by atoms with Gasteiger partial charge in [-0.05, 0) is 29.8 Å². The predicted molar refractivity (Wildman–Crippen MR) is 94.5 cm³/mol. The first-order chi connectivity index (χ1) is 12.9. The van der Waals surface area contributed by atoms with Gasteiger partial charge >= 0.3 is 11.7 Å². The van der Waals surface area contributed by atoms with E-state index in [4.69, 9.17) is 4.74 Å². The van der Waals surface area contributed by atoms with E-state index >= 15 is 0 Å². The zero-order valence-electron chi connectivity index (χ0n) is 14.0. The van der Waals surface area contributed by atoms with Crippen molar-refractivity contribution in [3.05, 3.63) is 69.8 Å². The Bertz CT molecular complexity index is 984. The zero-order chi connectivity index (χ0) is 19.6. The number of hydrogen-bond acceptors (Lipinski definition) is 6. The molecule has 9 heteroatoms. The van der Waals surface area contributed by atoms with E-state index in [1.165, 1.54) is 18.2 Å². The first kappa shape index (κ1) is 17.8. The molecule has 0 spiro atoms.